The number of thioether (sulfide) groups is 1. The minimum atomic E-state index is -1.11. The third kappa shape index (κ3) is 5.69. The number of carbonyl (C=O) groups excluding carboxylic acids is 2. The molecule has 2 amide bonds. The first-order valence-electron chi connectivity index (χ1n) is 9.20. The number of hydrogen-bond donors (Lipinski definition) is 1. The van der Waals surface area contributed by atoms with Crippen molar-refractivity contribution in [2.24, 2.45) is 0 Å². The van der Waals surface area contributed by atoms with E-state index in [4.69, 9.17) is 37.8 Å². The molecule has 11 heteroatoms. The molecule has 168 valence electrons. The van der Waals surface area contributed by atoms with Crippen molar-refractivity contribution in [3.8, 4) is 11.5 Å². The van der Waals surface area contributed by atoms with Gasteiger partial charge >= 0.3 is 5.97 Å². The Kier molecular flexibility index (Phi) is 8.32. The number of carboxylic acid groups (broad SMARTS) is 1. The third-order valence-electron chi connectivity index (χ3n) is 4.22. The van der Waals surface area contributed by atoms with Crippen LogP contribution in [0.25, 0.3) is 6.08 Å². The predicted molar refractivity (Wildman–Crippen MR) is 131 cm³/mol. The summed E-state index contributed by atoms with van der Waals surface area (Å²) < 4.78 is 11.5. The van der Waals surface area contributed by atoms with Gasteiger partial charge in [-0.15, -0.1) is 0 Å². The molecule has 2 aromatic carbocycles. The van der Waals surface area contributed by atoms with Crippen LogP contribution in [0.5, 0.6) is 11.5 Å². The second kappa shape index (κ2) is 10.8. The Morgan fingerprint density at radius 3 is 2.53 bits per heavy atom. The Morgan fingerprint density at radius 2 is 1.91 bits per heavy atom. The average Bonchev–Trinajstić information content (AvgIpc) is 2.97. The lowest BCUT2D eigenvalue weighted by Crippen LogP contribution is -2.27. The molecule has 0 spiro atoms. The van der Waals surface area contributed by atoms with Gasteiger partial charge in [0.15, 0.2) is 18.1 Å². The van der Waals surface area contributed by atoms with E-state index < -0.39 is 23.7 Å². The molecule has 0 bridgehead atoms. The molecule has 0 saturated carbocycles. The first-order chi connectivity index (χ1) is 15.2. The van der Waals surface area contributed by atoms with Crippen molar-refractivity contribution in [3.05, 3.63) is 60.0 Å². The van der Waals surface area contributed by atoms with Crippen LogP contribution in [-0.4, -0.2) is 40.3 Å². The summed E-state index contributed by atoms with van der Waals surface area (Å²) in [4.78, 5) is 37.6. The maximum atomic E-state index is 12.9. The highest BCUT2D eigenvalue weighted by Gasteiger charge is 2.35. The Labute approximate surface area is 211 Å². The molecule has 32 heavy (non-hydrogen) atoms. The fraction of sp³-hybridized carbons (Fsp3) is 0.190. The van der Waals surface area contributed by atoms with Gasteiger partial charge in [-0.3, -0.25) is 14.5 Å². The molecule has 1 saturated heterocycles. The molecule has 7 nitrogen and oxygen atoms in total. The number of hydrogen-bond acceptors (Lipinski definition) is 6. The fourth-order valence-electron chi connectivity index (χ4n) is 2.84. The molecule has 0 radical (unpaired) electrons. The molecule has 0 aliphatic carbocycles. The highest BCUT2D eigenvalue weighted by Crippen LogP contribution is 2.38. The smallest absolute Gasteiger partial charge is 0.341 e. The highest BCUT2D eigenvalue weighted by atomic mass is 127. The summed E-state index contributed by atoms with van der Waals surface area (Å²) in [6.07, 6.45) is 1.57. The lowest BCUT2D eigenvalue weighted by Gasteiger charge is -2.15. The van der Waals surface area contributed by atoms with Crippen molar-refractivity contribution >= 4 is 80.7 Å². The third-order valence-corrected chi connectivity index (χ3v) is 6.64. The summed E-state index contributed by atoms with van der Waals surface area (Å²) in [5.41, 5.74) is 1.09. The van der Waals surface area contributed by atoms with Crippen LogP contribution in [0.1, 0.15) is 18.1 Å². The van der Waals surface area contributed by atoms with E-state index in [1.165, 1.54) is 0 Å². The monoisotopic (exact) mass is 607 g/mol. The number of carbonyl (C=O) groups is 3. The molecule has 0 atom stereocenters. The van der Waals surface area contributed by atoms with Crippen molar-refractivity contribution in [3.63, 3.8) is 0 Å². The first-order valence-corrected chi connectivity index (χ1v) is 11.9. The summed E-state index contributed by atoms with van der Waals surface area (Å²) >= 11 is 15.2. The van der Waals surface area contributed by atoms with Crippen molar-refractivity contribution in [2.45, 2.75) is 13.5 Å². The Hall–Kier alpha value is -1.95. The van der Waals surface area contributed by atoms with E-state index in [0.717, 1.165) is 16.7 Å². The molecule has 1 aliphatic heterocycles. The minimum Gasteiger partial charge on any atom is -0.490 e. The van der Waals surface area contributed by atoms with Gasteiger partial charge in [-0.25, -0.2) is 4.79 Å². The number of aliphatic carboxylic acids is 1. The predicted octanol–water partition coefficient (Wildman–Crippen LogP) is 5.70. The van der Waals surface area contributed by atoms with Crippen LogP contribution in [0.3, 0.4) is 0 Å². The SMILES string of the molecule is CCOc1cc(/C=C2\SC(=O)N(Cc3c(Cl)cccc3Cl)C2=O)cc(I)c1OCC(=O)O. The number of rotatable bonds is 8. The summed E-state index contributed by atoms with van der Waals surface area (Å²) in [6.45, 7) is 1.56. The molecule has 1 fully saturated rings. The largest absolute Gasteiger partial charge is 0.490 e. The molecule has 1 heterocycles. The van der Waals surface area contributed by atoms with E-state index in [0.29, 0.717) is 42.8 Å². The number of ether oxygens (including phenoxy) is 2. The van der Waals surface area contributed by atoms with Gasteiger partial charge in [-0.05, 0) is 77.2 Å². The van der Waals surface area contributed by atoms with Crippen molar-refractivity contribution in [1.29, 1.82) is 0 Å². The number of amides is 2. The van der Waals surface area contributed by atoms with Crippen LogP contribution >= 0.6 is 57.6 Å². The van der Waals surface area contributed by atoms with Crippen LogP contribution in [0, 0.1) is 3.57 Å². The van der Waals surface area contributed by atoms with Crippen molar-refractivity contribution in [2.75, 3.05) is 13.2 Å². The Bertz CT molecular complexity index is 1100. The molecule has 3 rings (SSSR count). The second-order valence-corrected chi connectivity index (χ2v) is 9.38. The van der Waals surface area contributed by atoms with E-state index in [9.17, 15) is 14.4 Å². The number of nitrogens with zero attached hydrogens (tertiary/aromatic N) is 1. The lowest BCUT2D eigenvalue weighted by atomic mass is 10.1. The van der Waals surface area contributed by atoms with Gasteiger partial charge in [0.05, 0.1) is 21.6 Å². The van der Waals surface area contributed by atoms with E-state index in [1.54, 1.807) is 43.3 Å². The standard InChI is InChI=1S/C21H16Cl2INO6S/c1-2-30-16-7-11(6-15(24)19(16)31-10-18(26)27)8-17-20(28)25(21(29)32-17)9-12-13(22)4-3-5-14(12)23/h3-8H,2,9-10H2,1H3,(H,26,27)/b17-8-. The molecule has 1 aliphatic rings. The van der Waals surface area contributed by atoms with Gasteiger partial charge in [-0.1, -0.05) is 29.3 Å². The van der Waals surface area contributed by atoms with Crippen LogP contribution < -0.4 is 9.47 Å². The number of halogens is 3. The number of carboxylic acids is 1. The second-order valence-electron chi connectivity index (χ2n) is 6.41. The van der Waals surface area contributed by atoms with Gasteiger partial charge in [0.2, 0.25) is 0 Å². The van der Waals surface area contributed by atoms with Gasteiger partial charge in [-0.2, -0.15) is 0 Å². The molecule has 2 aromatic rings. The van der Waals surface area contributed by atoms with Crippen molar-refractivity contribution in [1.82, 2.24) is 4.90 Å². The van der Waals surface area contributed by atoms with E-state index in [1.807, 2.05) is 22.6 Å². The minimum absolute atomic E-state index is 0.0375. The van der Waals surface area contributed by atoms with Crippen LogP contribution in [0.15, 0.2) is 35.2 Å². The Balaban J connectivity index is 1.88. The number of benzene rings is 2. The molecule has 0 aromatic heterocycles. The average molecular weight is 608 g/mol. The van der Waals surface area contributed by atoms with E-state index in [-0.39, 0.29) is 11.4 Å². The van der Waals surface area contributed by atoms with Crippen LogP contribution in [0.4, 0.5) is 4.79 Å². The van der Waals surface area contributed by atoms with E-state index in [2.05, 4.69) is 0 Å². The zero-order valence-electron chi connectivity index (χ0n) is 16.6. The maximum Gasteiger partial charge on any atom is 0.341 e. The first kappa shape index (κ1) is 24.7. The molecule has 0 unspecified atom stereocenters. The topological polar surface area (TPSA) is 93.1 Å². The zero-order chi connectivity index (χ0) is 23.4. The summed E-state index contributed by atoms with van der Waals surface area (Å²) in [5, 5.41) is 9.18. The maximum absolute atomic E-state index is 12.9. The fourth-order valence-corrected chi connectivity index (χ4v) is 4.97. The summed E-state index contributed by atoms with van der Waals surface area (Å²) in [5.74, 6) is -0.933. The van der Waals surface area contributed by atoms with Gasteiger partial charge in [0.1, 0.15) is 0 Å². The molecule has 1 N–H and O–H groups in total. The highest BCUT2D eigenvalue weighted by molar-refractivity contribution is 14.1. The van der Waals surface area contributed by atoms with Gasteiger partial charge in [0, 0.05) is 15.6 Å². The zero-order valence-corrected chi connectivity index (χ0v) is 21.0. The summed E-state index contributed by atoms with van der Waals surface area (Å²) in [6, 6.07) is 8.30. The van der Waals surface area contributed by atoms with Gasteiger partial charge < -0.3 is 14.6 Å². The lowest BCUT2D eigenvalue weighted by molar-refractivity contribution is -0.139. The quantitative estimate of drug-likeness (QED) is 0.304. The Morgan fingerprint density at radius 1 is 1.22 bits per heavy atom. The van der Waals surface area contributed by atoms with Crippen LogP contribution in [0.2, 0.25) is 10.0 Å². The van der Waals surface area contributed by atoms with Crippen LogP contribution in [-0.2, 0) is 16.1 Å². The van der Waals surface area contributed by atoms with Gasteiger partial charge in [0.25, 0.3) is 11.1 Å². The molecular weight excluding hydrogens is 592 g/mol. The normalized spacial score (nSPS) is 14.9. The van der Waals surface area contributed by atoms with E-state index >= 15 is 0 Å². The number of imide groups is 1. The van der Waals surface area contributed by atoms with Crippen molar-refractivity contribution < 1.29 is 29.0 Å². The molecular formula is C21H16Cl2INO6S. The summed E-state index contributed by atoms with van der Waals surface area (Å²) in [7, 11) is 0.